The Bertz CT molecular complexity index is 663. The van der Waals surface area contributed by atoms with Gasteiger partial charge >= 0.3 is 19.8 Å². The average Bonchev–Trinajstić information content (AvgIpc) is 2.93. The summed E-state index contributed by atoms with van der Waals surface area (Å²) in [6.45, 7) is 5.10. The van der Waals surface area contributed by atoms with E-state index in [4.69, 9.17) is 13.6 Å². The van der Waals surface area contributed by atoms with E-state index in [9.17, 15) is 14.2 Å². The minimum Gasteiger partial charge on any atom is -0.361 e. The average molecular weight is 633 g/mol. The highest BCUT2D eigenvalue weighted by molar-refractivity contribution is 7.49. The molecule has 8 heteroatoms. The number of hydrogen-bond donors (Lipinski definition) is 0. The summed E-state index contributed by atoms with van der Waals surface area (Å²) in [6, 6.07) is 0. The van der Waals surface area contributed by atoms with Gasteiger partial charge in [0, 0.05) is 12.8 Å². The zero-order valence-electron chi connectivity index (χ0n) is 29.1. The van der Waals surface area contributed by atoms with Crippen molar-refractivity contribution >= 4 is 19.8 Å². The highest BCUT2D eigenvalue weighted by Gasteiger charge is 2.35. The second kappa shape index (κ2) is 28.6. The molecule has 0 aliphatic heterocycles. The maximum absolute atomic E-state index is 13.2. The molecule has 0 aromatic heterocycles. The Hall–Kier alpha value is -0.910. The van der Waals surface area contributed by atoms with E-state index in [0.29, 0.717) is 23.9 Å². The molecule has 0 heterocycles. The van der Waals surface area contributed by atoms with E-state index in [-0.39, 0.29) is 19.4 Å². The molecular weight excluding hydrogens is 561 g/mol. The van der Waals surface area contributed by atoms with Gasteiger partial charge in [-0.3, -0.25) is 14.1 Å². The molecule has 0 aliphatic rings. The smallest absolute Gasteiger partial charge is 0.361 e. The topological polar surface area (TPSA) is 78.9 Å². The summed E-state index contributed by atoms with van der Waals surface area (Å²) in [4.78, 5) is 25.0. The van der Waals surface area contributed by atoms with Crippen LogP contribution in [0.15, 0.2) is 0 Å². The Balaban J connectivity index is 4.23. The lowest BCUT2D eigenvalue weighted by molar-refractivity contribution is -0.870. The fourth-order valence-corrected chi connectivity index (χ4v) is 6.19. The number of phosphoric ester groups is 1. The summed E-state index contributed by atoms with van der Waals surface area (Å²) in [7, 11) is 1.64. The first-order valence-electron chi connectivity index (χ1n) is 18.1. The normalized spacial score (nSPS) is 12.0. The summed E-state index contributed by atoms with van der Waals surface area (Å²) >= 11 is 0. The van der Waals surface area contributed by atoms with Crippen LogP contribution < -0.4 is 0 Å². The van der Waals surface area contributed by atoms with E-state index < -0.39 is 19.8 Å². The second-order valence-corrected chi connectivity index (χ2v) is 15.0. The fourth-order valence-electron chi connectivity index (χ4n) is 5.06. The third-order valence-electron chi connectivity index (χ3n) is 7.91. The van der Waals surface area contributed by atoms with Gasteiger partial charge in [0.25, 0.3) is 0 Å². The van der Waals surface area contributed by atoms with Crippen molar-refractivity contribution in [3.63, 3.8) is 0 Å². The molecule has 0 aromatic rings. The SMILES string of the molecule is CCCCCCCCCCCCCCC(=O)OP(=O)(OCC[N+](C)(C)C)OC(=O)CCCCCCCCCCCCCC. The molecule has 0 bridgehead atoms. The predicted molar refractivity (Wildman–Crippen MR) is 180 cm³/mol. The Morgan fingerprint density at radius 3 is 1.05 bits per heavy atom. The molecule has 43 heavy (non-hydrogen) atoms. The van der Waals surface area contributed by atoms with E-state index in [0.717, 1.165) is 25.7 Å². The molecule has 0 spiro atoms. The van der Waals surface area contributed by atoms with Crippen LogP contribution in [0.5, 0.6) is 0 Å². The molecule has 0 rings (SSSR count). The molecule has 0 aromatic carbocycles. The Labute approximate surface area is 266 Å². The van der Waals surface area contributed by atoms with Crippen molar-refractivity contribution in [3.8, 4) is 0 Å². The van der Waals surface area contributed by atoms with E-state index in [1.165, 1.54) is 116 Å². The fraction of sp³-hybridized carbons (Fsp3) is 0.943. The zero-order chi connectivity index (χ0) is 32.1. The van der Waals surface area contributed by atoms with Gasteiger partial charge in [0.15, 0.2) is 0 Å². The minimum atomic E-state index is -4.30. The van der Waals surface area contributed by atoms with Crippen LogP contribution >= 0.6 is 7.82 Å². The van der Waals surface area contributed by atoms with Crippen molar-refractivity contribution in [2.75, 3.05) is 34.3 Å². The van der Waals surface area contributed by atoms with Crippen LogP contribution in [0.25, 0.3) is 0 Å². The number of carbonyl (C=O) groups is 2. The summed E-state index contributed by atoms with van der Waals surface area (Å²) in [5, 5.41) is 0. The maximum atomic E-state index is 13.2. The van der Waals surface area contributed by atoms with Gasteiger partial charge in [0.1, 0.15) is 13.2 Å². The lowest BCUT2D eigenvalue weighted by Crippen LogP contribution is -2.37. The summed E-state index contributed by atoms with van der Waals surface area (Å²) in [5.41, 5.74) is 0. The molecule has 0 aliphatic carbocycles. The lowest BCUT2D eigenvalue weighted by Gasteiger charge is -2.24. The van der Waals surface area contributed by atoms with E-state index >= 15 is 0 Å². The monoisotopic (exact) mass is 633 g/mol. The van der Waals surface area contributed by atoms with E-state index in [2.05, 4.69) is 13.8 Å². The van der Waals surface area contributed by atoms with Crippen molar-refractivity contribution in [2.24, 2.45) is 0 Å². The highest BCUT2D eigenvalue weighted by atomic mass is 31.2. The van der Waals surface area contributed by atoms with Crippen LogP contribution in [-0.2, 0) is 27.7 Å². The van der Waals surface area contributed by atoms with E-state index in [1.54, 1.807) is 0 Å². The Morgan fingerprint density at radius 1 is 0.488 bits per heavy atom. The van der Waals surface area contributed by atoms with Crippen LogP contribution in [0.3, 0.4) is 0 Å². The summed E-state index contributed by atoms with van der Waals surface area (Å²) in [5.74, 6) is -1.25. The van der Waals surface area contributed by atoms with Crippen LogP contribution in [0.2, 0.25) is 0 Å². The van der Waals surface area contributed by atoms with Crippen LogP contribution in [0, 0.1) is 0 Å². The number of phosphoric acid groups is 1. The van der Waals surface area contributed by atoms with Crippen LogP contribution in [0.4, 0.5) is 0 Å². The molecule has 0 atom stereocenters. The molecule has 256 valence electrons. The first-order chi connectivity index (χ1) is 20.6. The Kier molecular flexibility index (Phi) is 28.0. The zero-order valence-corrected chi connectivity index (χ0v) is 30.0. The summed E-state index contributed by atoms with van der Waals surface area (Å²) < 4.78 is 29.6. The largest absolute Gasteiger partial charge is 0.592 e. The van der Waals surface area contributed by atoms with Gasteiger partial charge in [-0.15, -0.1) is 0 Å². The number of rotatable bonds is 32. The third-order valence-corrected chi connectivity index (χ3v) is 9.26. The van der Waals surface area contributed by atoms with Crippen molar-refractivity contribution in [1.82, 2.24) is 0 Å². The number of likely N-dealkylation sites (N-methyl/N-ethyl adjacent to an activating group) is 1. The molecular formula is C35H71NO6P+. The van der Waals surface area contributed by atoms with Crippen LogP contribution in [0.1, 0.15) is 181 Å². The molecule has 0 N–H and O–H groups in total. The molecule has 0 saturated heterocycles. The Morgan fingerprint density at radius 2 is 0.767 bits per heavy atom. The third kappa shape index (κ3) is 30.9. The highest BCUT2D eigenvalue weighted by Crippen LogP contribution is 2.50. The second-order valence-electron chi connectivity index (χ2n) is 13.5. The maximum Gasteiger partial charge on any atom is 0.592 e. The number of nitrogens with zero attached hydrogens (tertiary/aromatic N) is 1. The first-order valence-corrected chi connectivity index (χ1v) is 19.6. The molecule has 0 fully saturated rings. The molecule has 0 radical (unpaired) electrons. The number of unbranched alkanes of at least 4 members (excludes halogenated alkanes) is 22. The molecule has 0 amide bonds. The van der Waals surface area contributed by atoms with Gasteiger partial charge in [-0.2, -0.15) is 0 Å². The first kappa shape index (κ1) is 42.1. The number of hydrogen-bond acceptors (Lipinski definition) is 6. The van der Waals surface area contributed by atoms with Gasteiger partial charge in [-0.25, -0.2) is 4.57 Å². The predicted octanol–water partition coefficient (Wildman–Crippen LogP) is 11.1. The van der Waals surface area contributed by atoms with Gasteiger partial charge in [-0.05, 0) is 12.8 Å². The van der Waals surface area contributed by atoms with E-state index in [1.807, 2.05) is 21.1 Å². The van der Waals surface area contributed by atoms with Crippen molar-refractivity contribution < 1.29 is 32.2 Å². The number of quaternary nitrogens is 1. The molecule has 0 saturated carbocycles. The molecule has 0 unspecified atom stereocenters. The van der Waals surface area contributed by atoms with Gasteiger partial charge < -0.3 is 13.5 Å². The van der Waals surface area contributed by atoms with Gasteiger partial charge in [-0.1, -0.05) is 155 Å². The van der Waals surface area contributed by atoms with Crippen LogP contribution in [-0.4, -0.2) is 50.7 Å². The molecule has 7 nitrogen and oxygen atoms in total. The quantitative estimate of drug-likeness (QED) is 0.0417. The lowest BCUT2D eigenvalue weighted by atomic mass is 10.0. The summed E-state index contributed by atoms with van der Waals surface area (Å²) in [6.07, 6.45) is 29.1. The van der Waals surface area contributed by atoms with Crippen molar-refractivity contribution in [1.29, 1.82) is 0 Å². The number of carbonyl (C=O) groups excluding carboxylic acids is 2. The van der Waals surface area contributed by atoms with Crippen molar-refractivity contribution in [2.45, 2.75) is 181 Å². The standard InChI is InChI=1S/C35H71NO6P/c1-6-8-10-12-14-16-18-20-22-24-26-28-30-34(37)41-43(39,40-33-32-36(3,4)5)42-35(38)31-29-27-25-23-21-19-17-15-13-11-9-7-2/h6-33H2,1-5H3/q+1. The minimum absolute atomic E-state index is 0.0680. The van der Waals surface area contributed by atoms with Crippen molar-refractivity contribution in [3.05, 3.63) is 0 Å². The van der Waals surface area contributed by atoms with Gasteiger partial charge in [0.05, 0.1) is 21.1 Å². The van der Waals surface area contributed by atoms with Gasteiger partial charge in [0.2, 0.25) is 0 Å².